The lowest BCUT2D eigenvalue weighted by molar-refractivity contribution is -0.143. The summed E-state index contributed by atoms with van der Waals surface area (Å²) in [6.45, 7) is 5.39. The second kappa shape index (κ2) is 19.9. The van der Waals surface area contributed by atoms with Crippen LogP contribution in [0.4, 0.5) is 0 Å². The molecule has 51 heavy (non-hydrogen) atoms. The zero-order chi connectivity index (χ0) is 38.4. The molecule has 0 saturated carbocycles. The van der Waals surface area contributed by atoms with Crippen LogP contribution in [-0.4, -0.2) is 98.4 Å². The number of imide groups is 1. The molecule has 4 amide bonds. The lowest BCUT2D eigenvalue weighted by atomic mass is 9.85. The van der Waals surface area contributed by atoms with Gasteiger partial charge in [0, 0.05) is 25.6 Å². The lowest BCUT2D eigenvalue weighted by Gasteiger charge is -2.31. The van der Waals surface area contributed by atoms with Gasteiger partial charge in [0.2, 0.25) is 23.6 Å². The number of phenols is 1. The minimum Gasteiger partial charge on any atom is -0.508 e. The second-order valence-corrected chi connectivity index (χ2v) is 15.9. The van der Waals surface area contributed by atoms with Crippen molar-refractivity contribution in [2.24, 2.45) is 11.5 Å². The molecule has 0 heterocycles. The summed E-state index contributed by atoms with van der Waals surface area (Å²) in [5.41, 5.74) is 13.9. The first-order valence-corrected chi connectivity index (χ1v) is 18.9. The van der Waals surface area contributed by atoms with Gasteiger partial charge < -0.3 is 31.5 Å². The summed E-state index contributed by atoms with van der Waals surface area (Å²) in [6, 6.07) is 10.3. The summed E-state index contributed by atoms with van der Waals surface area (Å²) in [5.74, 6) is -3.55. The van der Waals surface area contributed by atoms with Crippen molar-refractivity contribution in [2.75, 3.05) is 32.2 Å². The number of benzene rings is 2. The number of nitrogens with two attached hydrogens (primary N) is 2. The fraction of sp³-hybridized carbons (Fsp3) is 0.528. The highest BCUT2D eigenvalue weighted by Crippen LogP contribution is 2.31. The summed E-state index contributed by atoms with van der Waals surface area (Å²) < 4.78 is 27.9. The first-order valence-electron chi connectivity index (χ1n) is 16.9. The van der Waals surface area contributed by atoms with E-state index >= 15 is 0 Å². The summed E-state index contributed by atoms with van der Waals surface area (Å²) in [7, 11) is -2.12. The van der Waals surface area contributed by atoms with E-state index in [1.165, 1.54) is 12.0 Å². The zero-order valence-electron chi connectivity index (χ0n) is 30.1. The summed E-state index contributed by atoms with van der Waals surface area (Å²) in [5, 5.41) is 15.1. The van der Waals surface area contributed by atoms with Gasteiger partial charge in [0.25, 0.3) is 0 Å². The van der Waals surface area contributed by atoms with Crippen LogP contribution in [0.2, 0.25) is 0 Å². The van der Waals surface area contributed by atoms with E-state index in [0.29, 0.717) is 30.4 Å². The van der Waals surface area contributed by atoms with Crippen LogP contribution in [0.25, 0.3) is 0 Å². The van der Waals surface area contributed by atoms with Crippen LogP contribution in [0.1, 0.15) is 69.6 Å². The fourth-order valence-electron chi connectivity index (χ4n) is 5.29. The monoisotopic (exact) mass is 731 g/mol. The van der Waals surface area contributed by atoms with E-state index in [-0.39, 0.29) is 55.1 Å². The molecule has 0 aliphatic rings. The highest BCUT2D eigenvalue weighted by molar-refractivity contribution is 7.90. The van der Waals surface area contributed by atoms with Gasteiger partial charge in [-0.15, -0.1) is 0 Å². The number of esters is 1. The summed E-state index contributed by atoms with van der Waals surface area (Å²) in [6.07, 6.45) is 2.47. The summed E-state index contributed by atoms with van der Waals surface area (Å²) >= 11 is 0. The van der Waals surface area contributed by atoms with Crippen molar-refractivity contribution in [3.63, 3.8) is 0 Å². The van der Waals surface area contributed by atoms with Crippen LogP contribution in [0, 0.1) is 0 Å². The first-order chi connectivity index (χ1) is 23.8. The van der Waals surface area contributed by atoms with Crippen LogP contribution >= 0.6 is 0 Å². The summed E-state index contributed by atoms with van der Waals surface area (Å²) in [4.78, 5) is 66.3. The Balaban J connectivity index is 2.28. The van der Waals surface area contributed by atoms with Gasteiger partial charge in [-0.3, -0.25) is 29.3 Å². The van der Waals surface area contributed by atoms with E-state index in [9.17, 15) is 37.5 Å². The Hall–Kier alpha value is -4.34. The molecule has 0 spiro atoms. The second-order valence-electron chi connectivity index (χ2n) is 13.7. The van der Waals surface area contributed by atoms with Crippen molar-refractivity contribution in [1.29, 1.82) is 0 Å². The van der Waals surface area contributed by atoms with Gasteiger partial charge in [0.1, 0.15) is 21.6 Å². The Kier molecular flexibility index (Phi) is 16.7. The maximum Gasteiger partial charge on any atom is 0.305 e. The van der Waals surface area contributed by atoms with E-state index in [4.69, 9.17) is 11.5 Å². The maximum absolute atomic E-state index is 13.8. The van der Waals surface area contributed by atoms with Crippen molar-refractivity contribution in [3.8, 4) is 5.75 Å². The molecule has 2 aromatic carbocycles. The molecule has 0 aliphatic carbocycles. The Morgan fingerprint density at radius 1 is 0.882 bits per heavy atom. The minimum atomic E-state index is -3.41. The Labute approximate surface area is 300 Å². The highest BCUT2D eigenvalue weighted by atomic mass is 32.2. The Morgan fingerprint density at radius 2 is 1.55 bits per heavy atom. The average molecular weight is 732 g/mol. The van der Waals surface area contributed by atoms with E-state index in [1.807, 2.05) is 20.8 Å². The SMILES string of the molecule is COC(=O)CCCCCN(C(=O)CNC(=O)[C@@H](N)Cc1ccc(O)c(C(C)(C)C)c1)[C@@H](Cc1ccccc1)C(=O)NC(=O)C(N)CCS(C)(=O)=O. The fourth-order valence-corrected chi connectivity index (χ4v) is 5.97. The van der Waals surface area contributed by atoms with E-state index in [2.05, 4.69) is 15.4 Å². The molecule has 15 heteroatoms. The molecule has 282 valence electrons. The molecule has 0 fully saturated rings. The van der Waals surface area contributed by atoms with Gasteiger partial charge in [0.05, 0.1) is 31.5 Å². The van der Waals surface area contributed by atoms with E-state index in [1.54, 1.807) is 48.5 Å². The predicted molar refractivity (Wildman–Crippen MR) is 193 cm³/mol. The number of hydrogen-bond acceptors (Lipinski definition) is 11. The van der Waals surface area contributed by atoms with Crippen molar-refractivity contribution < 1.29 is 42.2 Å². The molecule has 0 aromatic heterocycles. The zero-order valence-corrected chi connectivity index (χ0v) is 31.0. The topological polar surface area (TPSA) is 228 Å². The number of sulfone groups is 1. The van der Waals surface area contributed by atoms with Crippen LogP contribution in [-0.2, 0) is 56.8 Å². The number of nitrogens with one attached hydrogen (secondary N) is 2. The minimum absolute atomic E-state index is 0.0108. The van der Waals surface area contributed by atoms with E-state index < -0.39 is 58.1 Å². The molecule has 14 nitrogen and oxygen atoms in total. The molecule has 3 atom stereocenters. The quantitative estimate of drug-likeness (QED) is 0.102. The molecule has 0 radical (unpaired) electrons. The van der Waals surface area contributed by atoms with Gasteiger partial charge in [-0.05, 0) is 53.9 Å². The van der Waals surface area contributed by atoms with Crippen LogP contribution in [0.3, 0.4) is 0 Å². The number of aromatic hydroxyl groups is 1. The molecule has 0 aliphatic heterocycles. The number of ether oxygens (including phenoxy) is 1. The number of carbonyl (C=O) groups excluding carboxylic acids is 5. The van der Waals surface area contributed by atoms with Crippen LogP contribution < -0.4 is 22.1 Å². The highest BCUT2D eigenvalue weighted by Gasteiger charge is 2.32. The van der Waals surface area contributed by atoms with Crippen molar-refractivity contribution >= 4 is 39.4 Å². The maximum atomic E-state index is 13.8. The van der Waals surface area contributed by atoms with E-state index in [0.717, 1.165) is 11.8 Å². The number of amides is 4. The largest absolute Gasteiger partial charge is 0.508 e. The van der Waals surface area contributed by atoms with Crippen molar-refractivity contribution in [2.45, 2.75) is 89.3 Å². The molecule has 0 saturated heterocycles. The van der Waals surface area contributed by atoms with Crippen molar-refractivity contribution in [1.82, 2.24) is 15.5 Å². The van der Waals surface area contributed by atoms with Crippen LogP contribution in [0.5, 0.6) is 5.75 Å². The first kappa shape index (κ1) is 42.8. The molecular formula is C36H53N5O9S. The number of carbonyl (C=O) groups is 5. The smallest absolute Gasteiger partial charge is 0.305 e. The lowest BCUT2D eigenvalue weighted by Crippen LogP contribution is -2.56. The Morgan fingerprint density at radius 3 is 2.16 bits per heavy atom. The predicted octanol–water partition coefficient (Wildman–Crippen LogP) is 1.25. The van der Waals surface area contributed by atoms with Gasteiger partial charge in [-0.2, -0.15) is 0 Å². The van der Waals surface area contributed by atoms with Gasteiger partial charge in [-0.25, -0.2) is 8.42 Å². The van der Waals surface area contributed by atoms with Crippen molar-refractivity contribution in [3.05, 3.63) is 65.2 Å². The normalized spacial score (nSPS) is 13.4. The third kappa shape index (κ3) is 15.2. The molecule has 2 rings (SSSR count). The number of nitrogens with zero attached hydrogens (tertiary/aromatic N) is 1. The number of hydrogen-bond donors (Lipinski definition) is 5. The third-order valence-corrected chi connectivity index (χ3v) is 9.21. The number of methoxy groups -OCH3 is 1. The number of phenolic OH excluding ortho intramolecular Hbond substituents is 1. The van der Waals surface area contributed by atoms with Gasteiger partial charge >= 0.3 is 5.97 Å². The molecule has 7 N–H and O–H groups in total. The number of unbranched alkanes of at least 4 members (excludes halogenated alkanes) is 2. The third-order valence-electron chi connectivity index (χ3n) is 8.24. The average Bonchev–Trinajstić information content (AvgIpc) is 3.06. The van der Waals surface area contributed by atoms with Crippen LogP contribution in [0.15, 0.2) is 48.5 Å². The number of rotatable bonds is 19. The van der Waals surface area contributed by atoms with Gasteiger partial charge in [-0.1, -0.05) is 69.7 Å². The molecular weight excluding hydrogens is 678 g/mol. The molecule has 1 unspecified atom stereocenters. The standard InChI is InChI=1S/C36H53N5O9S/c1-36(2,3)26-20-25(15-16-30(26)42)21-28(38)33(45)39-23-31(43)41(18-11-7-10-14-32(44)50-4)29(22-24-12-8-6-9-13-24)35(47)40-34(46)27(37)17-19-51(5,48)49/h6,8-9,12-13,15-16,20,27-29,42H,7,10-11,14,17-19,21-23,37-38H2,1-5H3,(H,39,45)(H,40,46,47)/t27?,28-,29-/m0/s1. The van der Waals surface area contributed by atoms with Gasteiger partial charge in [0.15, 0.2) is 0 Å². The molecule has 2 aromatic rings. The molecule has 0 bridgehead atoms. The Bertz CT molecular complexity index is 1610.